The predicted molar refractivity (Wildman–Crippen MR) is 53.5 cm³/mol. The van der Waals surface area contributed by atoms with E-state index in [-0.39, 0.29) is 0 Å². The van der Waals surface area contributed by atoms with Crippen molar-refractivity contribution in [2.45, 2.75) is 45.4 Å². The molecule has 0 aromatic heterocycles. The smallest absolute Gasteiger partial charge is 0.171 e. The zero-order valence-electron chi connectivity index (χ0n) is 7.97. The molecule has 1 atom stereocenters. The molecule has 1 unspecified atom stereocenters. The summed E-state index contributed by atoms with van der Waals surface area (Å²) in [5.74, 6) is 0. The van der Waals surface area contributed by atoms with E-state index in [4.69, 9.17) is 4.43 Å². The van der Waals surface area contributed by atoms with Gasteiger partial charge in [-0.2, -0.15) is 0 Å². The van der Waals surface area contributed by atoms with E-state index in [2.05, 4.69) is 26.6 Å². The molecular formula is C9H20OSi. The van der Waals surface area contributed by atoms with Gasteiger partial charge in [0.2, 0.25) is 0 Å². The molecule has 0 fully saturated rings. The molecule has 0 spiro atoms. The van der Waals surface area contributed by atoms with Gasteiger partial charge in [-0.05, 0) is 19.5 Å². The fraction of sp³-hybridized carbons (Fsp3) is 0.778. The Bertz CT molecular complexity index is 102. The topological polar surface area (TPSA) is 9.23 Å². The zero-order chi connectivity index (χ0) is 8.69. The summed E-state index contributed by atoms with van der Waals surface area (Å²) in [6.07, 6.45) is 5.89. The highest BCUT2D eigenvalue weighted by Crippen LogP contribution is 2.06. The lowest BCUT2D eigenvalue weighted by atomic mass is 10.2. The van der Waals surface area contributed by atoms with Crippen LogP contribution in [0.5, 0.6) is 0 Å². The first-order valence-corrected chi connectivity index (χ1v) is 7.26. The van der Waals surface area contributed by atoms with Gasteiger partial charge in [-0.3, -0.25) is 0 Å². The van der Waals surface area contributed by atoms with E-state index in [0.717, 1.165) is 6.42 Å². The summed E-state index contributed by atoms with van der Waals surface area (Å²) in [6, 6.07) is 0. The summed E-state index contributed by atoms with van der Waals surface area (Å²) in [5, 5.41) is 0. The molecule has 0 aromatic rings. The van der Waals surface area contributed by atoms with Gasteiger partial charge in [-0.15, -0.1) is 6.58 Å². The monoisotopic (exact) mass is 172 g/mol. The van der Waals surface area contributed by atoms with Crippen molar-refractivity contribution in [3.05, 3.63) is 12.7 Å². The maximum Gasteiger partial charge on any atom is 0.171 e. The van der Waals surface area contributed by atoms with Crippen LogP contribution in [0.25, 0.3) is 0 Å². The fourth-order valence-electron chi connectivity index (χ4n) is 0.996. The van der Waals surface area contributed by atoms with Gasteiger partial charge >= 0.3 is 0 Å². The van der Waals surface area contributed by atoms with Crippen LogP contribution in [-0.4, -0.2) is 15.1 Å². The summed E-state index contributed by atoms with van der Waals surface area (Å²) in [6.45, 7) is 10.4. The van der Waals surface area contributed by atoms with Gasteiger partial charge < -0.3 is 4.43 Å². The molecule has 0 bridgehead atoms. The molecule has 0 N–H and O–H groups in total. The SMILES string of the molecule is C=CC(CCCC)O[SiH](C)C. The normalized spacial score (nSPS) is 13.5. The fourth-order valence-corrected chi connectivity index (χ4v) is 1.94. The molecule has 0 saturated heterocycles. The van der Waals surface area contributed by atoms with Crippen LogP contribution in [0.3, 0.4) is 0 Å². The quantitative estimate of drug-likeness (QED) is 0.442. The van der Waals surface area contributed by atoms with Crippen molar-refractivity contribution in [1.29, 1.82) is 0 Å². The van der Waals surface area contributed by atoms with Gasteiger partial charge in [0.25, 0.3) is 0 Å². The maximum atomic E-state index is 5.72. The predicted octanol–water partition coefficient (Wildman–Crippen LogP) is 2.73. The Hall–Kier alpha value is -0.0831. The molecule has 0 amide bonds. The van der Waals surface area contributed by atoms with E-state index in [9.17, 15) is 0 Å². The van der Waals surface area contributed by atoms with Gasteiger partial charge in [0.1, 0.15) is 0 Å². The van der Waals surface area contributed by atoms with E-state index < -0.39 is 9.04 Å². The number of unbranched alkanes of at least 4 members (excludes halogenated alkanes) is 1. The van der Waals surface area contributed by atoms with Crippen molar-refractivity contribution in [1.82, 2.24) is 0 Å². The number of hydrogen-bond donors (Lipinski definition) is 0. The molecule has 11 heavy (non-hydrogen) atoms. The van der Waals surface area contributed by atoms with Crippen molar-refractivity contribution in [3.8, 4) is 0 Å². The van der Waals surface area contributed by atoms with E-state index in [0.29, 0.717) is 6.10 Å². The van der Waals surface area contributed by atoms with Crippen LogP contribution in [0, 0.1) is 0 Å². The van der Waals surface area contributed by atoms with Crippen molar-refractivity contribution >= 4 is 9.04 Å². The highest BCUT2D eigenvalue weighted by atomic mass is 28.3. The molecule has 0 heterocycles. The summed E-state index contributed by atoms with van der Waals surface area (Å²) in [5.41, 5.74) is 0. The molecule has 0 aliphatic rings. The Morgan fingerprint density at radius 2 is 2.18 bits per heavy atom. The summed E-state index contributed by atoms with van der Waals surface area (Å²) in [4.78, 5) is 0. The second-order valence-corrected chi connectivity index (χ2v) is 5.47. The Kier molecular flexibility index (Phi) is 6.57. The first kappa shape index (κ1) is 10.9. The number of rotatable bonds is 6. The van der Waals surface area contributed by atoms with Crippen molar-refractivity contribution in [2.24, 2.45) is 0 Å². The third-order valence-corrected chi connectivity index (χ3v) is 2.45. The molecule has 0 aliphatic carbocycles. The molecule has 66 valence electrons. The van der Waals surface area contributed by atoms with Crippen molar-refractivity contribution in [2.75, 3.05) is 0 Å². The molecular weight excluding hydrogens is 152 g/mol. The minimum Gasteiger partial charge on any atom is -0.414 e. The van der Waals surface area contributed by atoms with E-state index >= 15 is 0 Å². The maximum absolute atomic E-state index is 5.72. The minimum atomic E-state index is -0.860. The van der Waals surface area contributed by atoms with Crippen LogP contribution in [-0.2, 0) is 4.43 Å². The first-order chi connectivity index (χ1) is 5.20. The molecule has 0 aromatic carbocycles. The van der Waals surface area contributed by atoms with Crippen LogP contribution in [0.1, 0.15) is 26.2 Å². The molecule has 0 radical (unpaired) electrons. The van der Waals surface area contributed by atoms with Gasteiger partial charge in [0.05, 0.1) is 6.10 Å². The molecule has 0 aliphatic heterocycles. The lowest BCUT2D eigenvalue weighted by Crippen LogP contribution is -2.18. The second kappa shape index (κ2) is 6.62. The zero-order valence-corrected chi connectivity index (χ0v) is 9.12. The lowest BCUT2D eigenvalue weighted by molar-refractivity contribution is 0.239. The standard InChI is InChI=1S/C9H20OSi/c1-5-7-8-9(6-2)10-11(3)4/h6,9,11H,2,5,7-8H2,1,3-4H3. The summed E-state index contributed by atoms with van der Waals surface area (Å²) in [7, 11) is -0.860. The number of hydrogen-bond acceptors (Lipinski definition) is 1. The average molecular weight is 172 g/mol. The van der Waals surface area contributed by atoms with Crippen LogP contribution in [0.2, 0.25) is 13.1 Å². The van der Waals surface area contributed by atoms with Gasteiger partial charge in [0.15, 0.2) is 9.04 Å². The molecule has 0 saturated carbocycles. The van der Waals surface area contributed by atoms with Gasteiger partial charge in [0, 0.05) is 0 Å². The third kappa shape index (κ3) is 6.32. The van der Waals surface area contributed by atoms with Crippen LogP contribution < -0.4 is 0 Å². The minimum absolute atomic E-state index is 0.321. The lowest BCUT2D eigenvalue weighted by Gasteiger charge is -2.15. The van der Waals surface area contributed by atoms with E-state index in [1.165, 1.54) is 12.8 Å². The Balaban J connectivity index is 3.49. The highest BCUT2D eigenvalue weighted by Gasteiger charge is 2.05. The third-order valence-electron chi connectivity index (χ3n) is 1.55. The highest BCUT2D eigenvalue weighted by molar-refractivity contribution is 6.48. The summed E-state index contributed by atoms with van der Waals surface area (Å²) >= 11 is 0. The summed E-state index contributed by atoms with van der Waals surface area (Å²) < 4.78 is 5.72. The van der Waals surface area contributed by atoms with E-state index in [1.54, 1.807) is 0 Å². The van der Waals surface area contributed by atoms with Crippen LogP contribution in [0.15, 0.2) is 12.7 Å². The van der Waals surface area contributed by atoms with Gasteiger partial charge in [-0.1, -0.05) is 25.8 Å². The largest absolute Gasteiger partial charge is 0.414 e. The van der Waals surface area contributed by atoms with Crippen molar-refractivity contribution < 1.29 is 4.43 Å². The molecule has 1 nitrogen and oxygen atoms in total. The Morgan fingerprint density at radius 1 is 1.55 bits per heavy atom. The molecule has 0 rings (SSSR count). The van der Waals surface area contributed by atoms with E-state index in [1.807, 2.05) is 6.08 Å². The molecule has 2 heteroatoms. The Morgan fingerprint density at radius 3 is 2.55 bits per heavy atom. The Labute approximate surface area is 72.2 Å². The second-order valence-electron chi connectivity index (χ2n) is 3.10. The van der Waals surface area contributed by atoms with Crippen molar-refractivity contribution in [3.63, 3.8) is 0 Å². The van der Waals surface area contributed by atoms with Gasteiger partial charge in [-0.25, -0.2) is 0 Å². The van der Waals surface area contributed by atoms with Crippen LogP contribution in [0.4, 0.5) is 0 Å². The first-order valence-electron chi connectivity index (χ1n) is 4.48. The van der Waals surface area contributed by atoms with Crippen LogP contribution >= 0.6 is 0 Å². The average Bonchev–Trinajstić information content (AvgIpc) is 1.97.